The molecule has 0 radical (unpaired) electrons. The first kappa shape index (κ1) is 18.0. The van der Waals surface area contributed by atoms with Gasteiger partial charge in [0.1, 0.15) is 5.75 Å². The highest BCUT2D eigenvalue weighted by Gasteiger charge is 2.22. The summed E-state index contributed by atoms with van der Waals surface area (Å²) in [4.78, 5) is 0. The zero-order valence-corrected chi connectivity index (χ0v) is 14.9. The van der Waals surface area contributed by atoms with Crippen molar-refractivity contribution in [3.05, 3.63) is 29.3 Å². The van der Waals surface area contributed by atoms with Gasteiger partial charge < -0.3 is 10.5 Å². The molecule has 1 rings (SSSR count). The molecule has 0 fully saturated rings. The summed E-state index contributed by atoms with van der Waals surface area (Å²) in [5.41, 5.74) is 8.67. The average molecular weight is 291 g/mol. The van der Waals surface area contributed by atoms with Crippen LogP contribution in [-0.2, 0) is 10.8 Å². The van der Waals surface area contributed by atoms with Gasteiger partial charge in [-0.2, -0.15) is 0 Å². The third kappa shape index (κ3) is 5.70. The van der Waals surface area contributed by atoms with Crippen molar-refractivity contribution in [1.29, 1.82) is 0 Å². The fourth-order valence-electron chi connectivity index (χ4n) is 2.30. The highest BCUT2D eigenvalue weighted by atomic mass is 16.5. The normalized spacial score (nSPS) is 14.1. The SMILES string of the molecule is CC(N)CCCOc1ccc(C(C)(C)C)cc1C(C)(C)C. The largest absolute Gasteiger partial charge is 0.493 e. The topological polar surface area (TPSA) is 35.2 Å². The van der Waals surface area contributed by atoms with Gasteiger partial charge >= 0.3 is 0 Å². The Labute approximate surface area is 131 Å². The van der Waals surface area contributed by atoms with E-state index in [1.807, 2.05) is 6.92 Å². The Bertz CT molecular complexity index is 450. The van der Waals surface area contributed by atoms with Crippen LogP contribution in [0.2, 0.25) is 0 Å². The van der Waals surface area contributed by atoms with E-state index in [9.17, 15) is 0 Å². The van der Waals surface area contributed by atoms with Crippen LogP contribution in [0.3, 0.4) is 0 Å². The Morgan fingerprint density at radius 3 is 2.14 bits per heavy atom. The van der Waals surface area contributed by atoms with E-state index in [0.29, 0.717) is 0 Å². The summed E-state index contributed by atoms with van der Waals surface area (Å²) in [5, 5.41) is 0. The van der Waals surface area contributed by atoms with Crippen LogP contribution in [0.1, 0.15) is 72.4 Å². The molecule has 1 aromatic carbocycles. The second kappa shape index (κ2) is 6.83. The minimum Gasteiger partial charge on any atom is -0.493 e. The predicted octanol–water partition coefficient (Wildman–Crippen LogP) is 4.79. The summed E-state index contributed by atoms with van der Waals surface area (Å²) in [6.45, 7) is 16.2. The zero-order chi connectivity index (χ0) is 16.3. The molecule has 21 heavy (non-hydrogen) atoms. The minimum atomic E-state index is 0.0811. The summed E-state index contributed by atoms with van der Waals surface area (Å²) in [7, 11) is 0. The standard InChI is InChI=1S/C19H33NO/c1-14(20)9-8-12-21-17-11-10-15(18(2,3)4)13-16(17)19(5,6)7/h10-11,13-14H,8-9,12,20H2,1-7H3. The van der Waals surface area contributed by atoms with Gasteiger partial charge in [0.25, 0.3) is 0 Å². The Hall–Kier alpha value is -1.02. The van der Waals surface area contributed by atoms with Crippen LogP contribution in [0.4, 0.5) is 0 Å². The molecule has 1 unspecified atom stereocenters. The van der Waals surface area contributed by atoms with E-state index in [0.717, 1.165) is 25.2 Å². The quantitative estimate of drug-likeness (QED) is 0.792. The van der Waals surface area contributed by atoms with Gasteiger partial charge in [0.2, 0.25) is 0 Å². The van der Waals surface area contributed by atoms with Gasteiger partial charge in [-0.1, -0.05) is 53.7 Å². The van der Waals surface area contributed by atoms with Crippen LogP contribution >= 0.6 is 0 Å². The number of hydrogen-bond donors (Lipinski definition) is 1. The van der Waals surface area contributed by atoms with Gasteiger partial charge in [0, 0.05) is 6.04 Å². The molecule has 0 bridgehead atoms. The highest BCUT2D eigenvalue weighted by molar-refractivity contribution is 5.43. The van der Waals surface area contributed by atoms with Crippen LogP contribution < -0.4 is 10.5 Å². The maximum absolute atomic E-state index is 6.03. The molecule has 2 N–H and O–H groups in total. The summed E-state index contributed by atoms with van der Waals surface area (Å²) >= 11 is 0. The lowest BCUT2D eigenvalue weighted by Crippen LogP contribution is -2.18. The Kier molecular flexibility index (Phi) is 5.86. The number of rotatable bonds is 5. The van der Waals surface area contributed by atoms with Gasteiger partial charge in [-0.15, -0.1) is 0 Å². The molecule has 0 saturated carbocycles. The molecule has 0 spiro atoms. The van der Waals surface area contributed by atoms with Crippen molar-refractivity contribution < 1.29 is 4.74 Å². The lowest BCUT2D eigenvalue weighted by Gasteiger charge is -2.27. The van der Waals surface area contributed by atoms with E-state index < -0.39 is 0 Å². The van der Waals surface area contributed by atoms with E-state index >= 15 is 0 Å². The average Bonchev–Trinajstić information content (AvgIpc) is 2.32. The first-order valence-electron chi connectivity index (χ1n) is 8.05. The Balaban J connectivity index is 2.93. The second-order valence-electron chi connectivity index (χ2n) is 8.18. The summed E-state index contributed by atoms with van der Waals surface area (Å²) in [6.07, 6.45) is 2.01. The first-order valence-corrected chi connectivity index (χ1v) is 8.05. The van der Waals surface area contributed by atoms with Gasteiger partial charge in [0.15, 0.2) is 0 Å². The second-order valence-corrected chi connectivity index (χ2v) is 8.18. The molecule has 0 aliphatic heterocycles. The summed E-state index contributed by atoms with van der Waals surface area (Å²) in [5.74, 6) is 1.01. The molecule has 0 saturated heterocycles. The van der Waals surface area contributed by atoms with E-state index in [2.05, 4.69) is 59.7 Å². The molecule has 2 heteroatoms. The molecular formula is C19H33NO. The van der Waals surface area contributed by atoms with E-state index in [1.54, 1.807) is 0 Å². The molecule has 0 aromatic heterocycles. The number of benzene rings is 1. The smallest absolute Gasteiger partial charge is 0.123 e. The molecule has 2 nitrogen and oxygen atoms in total. The third-order valence-electron chi connectivity index (χ3n) is 3.71. The zero-order valence-electron chi connectivity index (χ0n) is 14.9. The van der Waals surface area contributed by atoms with Crippen molar-refractivity contribution in [1.82, 2.24) is 0 Å². The molecule has 0 heterocycles. The fraction of sp³-hybridized carbons (Fsp3) is 0.684. The van der Waals surface area contributed by atoms with Crippen molar-refractivity contribution in [2.24, 2.45) is 5.73 Å². The van der Waals surface area contributed by atoms with Gasteiger partial charge in [-0.05, 0) is 47.8 Å². The molecule has 1 atom stereocenters. The van der Waals surface area contributed by atoms with E-state index in [1.165, 1.54) is 11.1 Å². The lowest BCUT2D eigenvalue weighted by molar-refractivity contribution is 0.295. The number of hydrogen-bond acceptors (Lipinski definition) is 2. The maximum atomic E-state index is 6.03. The van der Waals surface area contributed by atoms with Crippen LogP contribution in [-0.4, -0.2) is 12.6 Å². The van der Waals surface area contributed by atoms with Crippen LogP contribution in [0, 0.1) is 0 Å². The third-order valence-corrected chi connectivity index (χ3v) is 3.71. The van der Waals surface area contributed by atoms with Gasteiger partial charge in [0.05, 0.1) is 6.61 Å². The van der Waals surface area contributed by atoms with Crippen LogP contribution in [0.5, 0.6) is 5.75 Å². The minimum absolute atomic E-state index is 0.0811. The molecule has 0 aliphatic rings. The maximum Gasteiger partial charge on any atom is 0.123 e. The first-order chi connectivity index (χ1) is 9.51. The molecule has 0 aliphatic carbocycles. The van der Waals surface area contributed by atoms with Crippen molar-refractivity contribution in [2.75, 3.05) is 6.61 Å². The number of ether oxygens (including phenoxy) is 1. The van der Waals surface area contributed by atoms with E-state index in [4.69, 9.17) is 10.5 Å². The van der Waals surface area contributed by atoms with Crippen molar-refractivity contribution in [3.8, 4) is 5.75 Å². The van der Waals surface area contributed by atoms with Crippen LogP contribution in [0.25, 0.3) is 0 Å². The summed E-state index contributed by atoms with van der Waals surface area (Å²) < 4.78 is 6.03. The molecule has 1 aromatic rings. The molecule has 0 amide bonds. The van der Waals surface area contributed by atoms with E-state index in [-0.39, 0.29) is 16.9 Å². The Morgan fingerprint density at radius 1 is 1.05 bits per heavy atom. The monoisotopic (exact) mass is 291 g/mol. The van der Waals surface area contributed by atoms with Gasteiger partial charge in [-0.25, -0.2) is 0 Å². The van der Waals surface area contributed by atoms with Gasteiger partial charge in [-0.3, -0.25) is 0 Å². The molecular weight excluding hydrogens is 258 g/mol. The van der Waals surface area contributed by atoms with Crippen molar-refractivity contribution >= 4 is 0 Å². The Morgan fingerprint density at radius 2 is 1.67 bits per heavy atom. The highest BCUT2D eigenvalue weighted by Crippen LogP contribution is 2.35. The fourth-order valence-corrected chi connectivity index (χ4v) is 2.30. The number of nitrogens with two attached hydrogens (primary N) is 1. The molecule has 120 valence electrons. The van der Waals surface area contributed by atoms with Crippen LogP contribution in [0.15, 0.2) is 18.2 Å². The summed E-state index contributed by atoms with van der Waals surface area (Å²) in [6, 6.07) is 6.88. The lowest BCUT2D eigenvalue weighted by atomic mass is 9.80. The van der Waals surface area contributed by atoms with Crippen molar-refractivity contribution in [3.63, 3.8) is 0 Å². The predicted molar refractivity (Wildman–Crippen MR) is 92.2 cm³/mol. The van der Waals surface area contributed by atoms with Crippen molar-refractivity contribution in [2.45, 2.75) is 78.2 Å².